The second-order valence-electron chi connectivity index (χ2n) is 10.4. The molecule has 31 heavy (non-hydrogen) atoms. The van der Waals surface area contributed by atoms with Crippen LogP contribution in [0.4, 0.5) is 0 Å². The topological polar surface area (TPSA) is 70.1 Å². The maximum atomic E-state index is 13.1. The van der Waals surface area contributed by atoms with Gasteiger partial charge in [-0.05, 0) is 60.6 Å². The molecule has 0 spiro atoms. The zero-order valence-corrected chi connectivity index (χ0v) is 19.0. The van der Waals surface area contributed by atoms with Crippen LogP contribution in [0, 0.1) is 17.3 Å². The minimum Gasteiger partial charge on any atom is -0.497 e. The maximum absolute atomic E-state index is 13.1. The van der Waals surface area contributed by atoms with Crippen LogP contribution in [-0.4, -0.2) is 65.6 Å². The second-order valence-corrected chi connectivity index (χ2v) is 10.4. The van der Waals surface area contributed by atoms with E-state index in [1.807, 2.05) is 30.9 Å². The lowest BCUT2D eigenvalue weighted by Crippen LogP contribution is -2.66. The molecule has 0 saturated carbocycles. The molecule has 1 aromatic rings. The molecule has 3 aliphatic heterocycles. The van der Waals surface area contributed by atoms with Crippen molar-refractivity contribution in [3.63, 3.8) is 0 Å². The van der Waals surface area contributed by atoms with E-state index < -0.39 is 5.41 Å². The first-order chi connectivity index (χ1) is 14.8. The lowest BCUT2D eigenvalue weighted by molar-refractivity contribution is -0.156. The summed E-state index contributed by atoms with van der Waals surface area (Å²) in [6, 6.07) is 8.46. The van der Waals surface area contributed by atoms with E-state index in [-0.39, 0.29) is 36.4 Å². The highest BCUT2D eigenvalue weighted by Gasteiger charge is 2.50. The van der Waals surface area contributed by atoms with E-state index in [4.69, 9.17) is 4.74 Å². The molecule has 0 aromatic heterocycles. The average Bonchev–Trinajstić information content (AvgIpc) is 2.76. The minimum atomic E-state index is -0.406. The fourth-order valence-corrected chi connectivity index (χ4v) is 5.86. The van der Waals surface area contributed by atoms with Gasteiger partial charge in [-0.2, -0.15) is 0 Å². The van der Waals surface area contributed by atoms with Gasteiger partial charge in [0.2, 0.25) is 11.8 Å². The summed E-state index contributed by atoms with van der Waals surface area (Å²) in [7, 11) is 1.67. The summed E-state index contributed by atoms with van der Waals surface area (Å²) in [6.45, 7) is 5.30. The molecule has 1 aromatic carbocycles. The molecule has 3 heterocycles. The molecule has 0 unspecified atom stereocenters. The standard InChI is InChI=1S/C25H36N2O4/c1-25(2,16-28)13-24(30)26-14-18-12-19(15-26)22(27-21(18)8-5-9-23(27)29)11-17-6-4-7-20(10-17)31-3/h4,6-7,10,18-19,21-22,28H,5,8-9,11-16H2,1-3H3/t18-,19+,21+,22+/m1/s1. The van der Waals surface area contributed by atoms with E-state index >= 15 is 0 Å². The normalized spacial score (nSPS) is 28.3. The van der Waals surface area contributed by atoms with E-state index in [1.54, 1.807) is 7.11 Å². The number of carbonyl (C=O) groups is 2. The van der Waals surface area contributed by atoms with Gasteiger partial charge in [-0.15, -0.1) is 0 Å². The van der Waals surface area contributed by atoms with Crippen molar-refractivity contribution in [1.82, 2.24) is 9.80 Å². The molecule has 0 radical (unpaired) electrons. The SMILES string of the molecule is COc1cccc(C[C@H]2[C@H]3C[C@H](CN(C(=O)CC(C)(C)CO)C3)[C@@H]3CCCC(=O)N32)c1. The van der Waals surface area contributed by atoms with Crippen LogP contribution < -0.4 is 4.74 Å². The molecule has 2 bridgehead atoms. The van der Waals surface area contributed by atoms with Crippen molar-refractivity contribution in [1.29, 1.82) is 0 Å². The molecule has 3 fully saturated rings. The third-order valence-corrected chi connectivity index (χ3v) is 7.49. The van der Waals surface area contributed by atoms with Crippen molar-refractivity contribution >= 4 is 11.8 Å². The maximum Gasteiger partial charge on any atom is 0.223 e. The van der Waals surface area contributed by atoms with Crippen molar-refractivity contribution in [2.45, 2.75) is 64.5 Å². The molecular weight excluding hydrogens is 392 g/mol. The van der Waals surface area contributed by atoms with Gasteiger partial charge in [0.25, 0.3) is 0 Å². The Balaban J connectivity index is 1.59. The number of piperidine rings is 3. The lowest BCUT2D eigenvalue weighted by Gasteiger charge is -2.57. The summed E-state index contributed by atoms with van der Waals surface area (Å²) in [5.41, 5.74) is 0.765. The smallest absolute Gasteiger partial charge is 0.223 e. The zero-order valence-electron chi connectivity index (χ0n) is 19.0. The van der Waals surface area contributed by atoms with Gasteiger partial charge in [0.1, 0.15) is 5.75 Å². The van der Waals surface area contributed by atoms with E-state index in [9.17, 15) is 14.7 Å². The summed E-state index contributed by atoms with van der Waals surface area (Å²) in [4.78, 5) is 30.3. The largest absolute Gasteiger partial charge is 0.497 e. The first-order valence-corrected chi connectivity index (χ1v) is 11.6. The fraction of sp³-hybridized carbons (Fsp3) is 0.680. The number of hydrogen-bond acceptors (Lipinski definition) is 4. The van der Waals surface area contributed by atoms with E-state index in [1.165, 1.54) is 5.56 Å². The molecule has 4 atom stereocenters. The fourth-order valence-electron chi connectivity index (χ4n) is 5.86. The molecule has 1 N–H and O–H groups in total. The van der Waals surface area contributed by atoms with Gasteiger partial charge < -0.3 is 19.6 Å². The summed E-state index contributed by atoms with van der Waals surface area (Å²) in [5, 5.41) is 9.61. The van der Waals surface area contributed by atoms with Crippen molar-refractivity contribution < 1.29 is 19.4 Å². The number of hydrogen-bond donors (Lipinski definition) is 1. The van der Waals surface area contributed by atoms with Crippen LogP contribution in [-0.2, 0) is 16.0 Å². The van der Waals surface area contributed by atoms with Crippen LogP contribution in [0.3, 0.4) is 0 Å². The molecule has 3 aliphatic rings. The Kier molecular flexibility index (Phi) is 6.29. The summed E-state index contributed by atoms with van der Waals surface area (Å²) in [6.07, 6.45) is 4.84. The molecule has 3 saturated heterocycles. The number of rotatable bonds is 6. The Morgan fingerprint density at radius 3 is 2.77 bits per heavy atom. The molecule has 170 valence electrons. The van der Waals surface area contributed by atoms with Gasteiger partial charge in [-0.1, -0.05) is 26.0 Å². The molecular formula is C25H36N2O4. The Morgan fingerprint density at radius 2 is 2.03 bits per heavy atom. The Bertz CT molecular complexity index is 823. The van der Waals surface area contributed by atoms with Crippen molar-refractivity contribution in [2.75, 3.05) is 26.8 Å². The zero-order chi connectivity index (χ0) is 22.2. The second kappa shape index (κ2) is 8.81. The molecule has 6 heteroatoms. The van der Waals surface area contributed by atoms with Gasteiger partial charge >= 0.3 is 0 Å². The predicted molar refractivity (Wildman–Crippen MR) is 119 cm³/mol. The van der Waals surface area contributed by atoms with Gasteiger partial charge in [-0.25, -0.2) is 0 Å². The molecule has 2 amide bonds. The highest BCUT2D eigenvalue weighted by Crippen LogP contribution is 2.43. The van der Waals surface area contributed by atoms with Crippen molar-refractivity contribution in [3.8, 4) is 5.75 Å². The average molecular weight is 429 g/mol. The number of aliphatic hydroxyl groups excluding tert-OH is 1. The van der Waals surface area contributed by atoms with Crippen LogP contribution in [0.1, 0.15) is 51.5 Å². The van der Waals surface area contributed by atoms with E-state index in [2.05, 4.69) is 17.0 Å². The number of carbonyl (C=O) groups excluding carboxylic acids is 2. The highest BCUT2D eigenvalue weighted by molar-refractivity contribution is 5.79. The summed E-state index contributed by atoms with van der Waals surface area (Å²) < 4.78 is 5.40. The van der Waals surface area contributed by atoms with Gasteiger partial charge in [-0.3, -0.25) is 9.59 Å². The summed E-state index contributed by atoms with van der Waals surface area (Å²) in [5.74, 6) is 1.87. The number of amides is 2. The quantitative estimate of drug-likeness (QED) is 0.756. The van der Waals surface area contributed by atoms with Gasteiger partial charge in [0.15, 0.2) is 0 Å². The first-order valence-electron chi connectivity index (χ1n) is 11.6. The van der Waals surface area contributed by atoms with Gasteiger partial charge in [0.05, 0.1) is 7.11 Å². The first kappa shape index (κ1) is 22.1. The molecule has 6 nitrogen and oxygen atoms in total. The number of fused-ring (bicyclic) bond motifs is 4. The number of methoxy groups -OCH3 is 1. The number of ether oxygens (including phenoxy) is 1. The molecule has 0 aliphatic carbocycles. The monoisotopic (exact) mass is 428 g/mol. The summed E-state index contributed by atoms with van der Waals surface area (Å²) >= 11 is 0. The third-order valence-electron chi connectivity index (χ3n) is 7.49. The highest BCUT2D eigenvalue weighted by atomic mass is 16.5. The van der Waals surface area contributed by atoms with Crippen LogP contribution in [0.5, 0.6) is 5.75 Å². The Morgan fingerprint density at radius 1 is 1.26 bits per heavy atom. The Labute approximate surface area is 185 Å². The van der Waals surface area contributed by atoms with E-state index in [0.717, 1.165) is 38.0 Å². The lowest BCUT2D eigenvalue weighted by atomic mass is 9.70. The number of aliphatic hydroxyl groups is 1. The van der Waals surface area contributed by atoms with E-state index in [0.29, 0.717) is 25.3 Å². The number of likely N-dealkylation sites (tertiary alicyclic amines) is 1. The van der Waals surface area contributed by atoms with Crippen molar-refractivity contribution in [3.05, 3.63) is 29.8 Å². The third kappa shape index (κ3) is 4.59. The Hall–Kier alpha value is -2.08. The van der Waals surface area contributed by atoms with Crippen LogP contribution in [0.25, 0.3) is 0 Å². The molecule has 4 rings (SSSR count). The van der Waals surface area contributed by atoms with Gasteiger partial charge in [0, 0.05) is 44.6 Å². The van der Waals surface area contributed by atoms with Crippen LogP contribution >= 0.6 is 0 Å². The van der Waals surface area contributed by atoms with Crippen molar-refractivity contribution in [2.24, 2.45) is 17.3 Å². The predicted octanol–water partition coefficient (Wildman–Crippen LogP) is 2.87. The minimum absolute atomic E-state index is 0.00278. The van der Waals surface area contributed by atoms with Crippen LogP contribution in [0.15, 0.2) is 24.3 Å². The number of benzene rings is 1. The van der Waals surface area contributed by atoms with Crippen LogP contribution in [0.2, 0.25) is 0 Å². The number of nitrogens with zero attached hydrogens (tertiary/aromatic N) is 2.